The van der Waals surface area contributed by atoms with Gasteiger partial charge < -0.3 is 26.0 Å². The summed E-state index contributed by atoms with van der Waals surface area (Å²) in [5, 5.41) is 18.0. The Kier molecular flexibility index (Phi) is 9.31. The first-order valence-corrected chi connectivity index (χ1v) is 6.96. The monoisotopic (exact) mass is 304 g/mol. The lowest BCUT2D eigenvalue weighted by Crippen LogP contribution is -2.55. The van der Waals surface area contributed by atoms with E-state index in [-0.39, 0.29) is 5.97 Å². The Morgan fingerprint density at radius 1 is 1.14 bits per heavy atom. The van der Waals surface area contributed by atoms with Crippen LogP contribution in [0.15, 0.2) is 0 Å². The van der Waals surface area contributed by atoms with Crippen LogP contribution in [0.3, 0.4) is 0 Å². The van der Waals surface area contributed by atoms with E-state index in [4.69, 9.17) is 30.3 Å². The van der Waals surface area contributed by atoms with E-state index < -0.39 is 17.5 Å². The Morgan fingerprint density at radius 2 is 1.67 bits per heavy atom. The second kappa shape index (κ2) is 10.1. The molecule has 0 atom stereocenters. The molecule has 8 nitrogen and oxygen atoms in total. The van der Waals surface area contributed by atoms with Crippen LogP contribution in [-0.2, 0) is 19.1 Å². The van der Waals surface area contributed by atoms with Crippen molar-refractivity contribution in [1.82, 2.24) is 5.32 Å². The molecule has 0 aromatic heterocycles. The first-order valence-electron chi connectivity index (χ1n) is 6.96. The third kappa shape index (κ3) is 8.26. The zero-order valence-corrected chi connectivity index (χ0v) is 12.3. The minimum atomic E-state index is -1.82. The molecule has 1 fully saturated rings. The van der Waals surface area contributed by atoms with Crippen LogP contribution in [0.4, 0.5) is 0 Å². The van der Waals surface area contributed by atoms with Crippen molar-refractivity contribution in [2.75, 3.05) is 19.7 Å². The van der Waals surface area contributed by atoms with E-state index in [0.29, 0.717) is 19.4 Å². The van der Waals surface area contributed by atoms with Gasteiger partial charge in [-0.05, 0) is 32.4 Å². The minimum Gasteiger partial charge on any atom is -0.473 e. The molecule has 0 bridgehead atoms. The van der Waals surface area contributed by atoms with Gasteiger partial charge in [0.15, 0.2) is 0 Å². The smallest absolute Gasteiger partial charge is 0.414 e. The highest BCUT2D eigenvalue weighted by atomic mass is 16.5. The molecule has 1 aliphatic heterocycles. The third-order valence-electron chi connectivity index (χ3n) is 3.07. The van der Waals surface area contributed by atoms with Crippen LogP contribution < -0.4 is 11.1 Å². The molecule has 122 valence electrons. The highest BCUT2D eigenvalue weighted by Gasteiger charge is 2.36. The van der Waals surface area contributed by atoms with E-state index in [1.54, 1.807) is 0 Å². The summed E-state index contributed by atoms with van der Waals surface area (Å²) in [6.07, 6.45) is 4.54. The lowest BCUT2D eigenvalue weighted by Gasteiger charge is -2.31. The average molecular weight is 304 g/mol. The van der Waals surface area contributed by atoms with Gasteiger partial charge in [0, 0.05) is 0 Å². The maximum absolute atomic E-state index is 11.7. The minimum absolute atomic E-state index is 0.222. The molecule has 0 aromatic rings. The fraction of sp³-hybridized carbons (Fsp3) is 0.769. The molecule has 0 aromatic carbocycles. The van der Waals surface area contributed by atoms with Crippen LogP contribution in [0, 0.1) is 0 Å². The van der Waals surface area contributed by atoms with Crippen molar-refractivity contribution in [3.05, 3.63) is 0 Å². The predicted octanol–water partition coefficient (Wildman–Crippen LogP) is -0.0437. The molecule has 8 heteroatoms. The molecule has 0 spiro atoms. The van der Waals surface area contributed by atoms with E-state index in [0.717, 1.165) is 32.4 Å². The maximum atomic E-state index is 11.7. The zero-order chi connectivity index (χ0) is 16.3. The molecule has 0 unspecified atom stereocenters. The Balaban J connectivity index is 0.000000567. The van der Waals surface area contributed by atoms with Gasteiger partial charge in [-0.25, -0.2) is 9.59 Å². The summed E-state index contributed by atoms with van der Waals surface area (Å²) in [6.45, 7) is 4.25. The summed E-state index contributed by atoms with van der Waals surface area (Å²) < 4.78 is 5.19. The molecule has 1 rings (SSSR count). The molecule has 0 aliphatic carbocycles. The lowest BCUT2D eigenvalue weighted by molar-refractivity contribution is -0.159. The second-order valence-electron chi connectivity index (χ2n) is 4.86. The second-order valence-corrected chi connectivity index (χ2v) is 4.86. The van der Waals surface area contributed by atoms with Gasteiger partial charge in [-0.1, -0.05) is 19.8 Å². The molecule has 1 aliphatic rings. The van der Waals surface area contributed by atoms with E-state index in [2.05, 4.69) is 12.2 Å². The number of nitrogens with two attached hydrogens (primary N) is 1. The molecular formula is C13H24N2O6. The summed E-state index contributed by atoms with van der Waals surface area (Å²) in [6, 6.07) is 0. The van der Waals surface area contributed by atoms with Crippen LogP contribution in [0.1, 0.15) is 39.0 Å². The van der Waals surface area contributed by atoms with E-state index >= 15 is 0 Å². The van der Waals surface area contributed by atoms with Gasteiger partial charge in [-0.2, -0.15) is 0 Å². The van der Waals surface area contributed by atoms with Crippen molar-refractivity contribution in [3.8, 4) is 0 Å². The van der Waals surface area contributed by atoms with Crippen LogP contribution in [0.25, 0.3) is 0 Å². The fourth-order valence-corrected chi connectivity index (χ4v) is 1.74. The summed E-state index contributed by atoms with van der Waals surface area (Å²) in [5.41, 5.74) is 5.26. The zero-order valence-electron chi connectivity index (χ0n) is 12.3. The number of unbranched alkanes of at least 4 members (excludes halogenated alkanes) is 2. The number of ether oxygens (including phenoxy) is 1. The van der Waals surface area contributed by atoms with Crippen molar-refractivity contribution >= 4 is 17.9 Å². The number of piperidine rings is 1. The van der Waals surface area contributed by atoms with E-state index in [9.17, 15) is 4.79 Å². The highest BCUT2D eigenvalue weighted by Crippen LogP contribution is 2.16. The predicted molar refractivity (Wildman–Crippen MR) is 74.8 cm³/mol. The Bertz CT molecular complexity index is 341. The number of carbonyl (C=O) groups excluding carboxylic acids is 1. The number of rotatable bonds is 5. The molecule has 0 saturated carbocycles. The van der Waals surface area contributed by atoms with Crippen molar-refractivity contribution in [2.45, 2.75) is 44.6 Å². The Labute approximate surface area is 123 Å². The number of hydrogen-bond acceptors (Lipinski definition) is 6. The van der Waals surface area contributed by atoms with E-state index in [1.165, 1.54) is 0 Å². The normalized spacial score (nSPS) is 16.3. The van der Waals surface area contributed by atoms with Crippen molar-refractivity contribution < 1.29 is 29.3 Å². The van der Waals surface area contributed by atoms with E-state index in [1.807, 2.05) is 0 Å². The largest absolute Gasteiger partial charge is 0.473 e. The van der Waals surface area contributed by atoms with Crippen LogP contribution in [0.2, 0.25) is 0 Å². The summed E-state index contributed by atoms with van der Waals surface area (Å²) in [7, 11) is 0. The third-order valence-corrected chi connectivity index (χ3v) is 3.07. The maximum Gasteiger partial charge on any atom is 0.414 e. The number of aliphatic carboxylic acids is 2. The molecular weight excluding hydrogens is 280 g/mol. The van der Waals surface area contributed by atoms with Gasteiger partial charge in [0.2, 0.25) is 0 Å². The van der Waals surface area contributed by atoms with Crippen molar-refractivity contribution in [1.29, 1.82) is 0 Å². The number of esters is 1. The number of nitrogens with one attached hydrogen (secondary N) is 1. The molecule has 0 radical (unpaired) electrons. The van der Waals surface area contributed by atoms with Gasteiger partial charge in [-0.15, -0.1) is 0 Å². The highest BCUT2D eigenvalue weighted by molar-refractivity contribution is 6.27. The molecule has 1 saturated heterocycles. The molecule has 1 heterocycles. The fourth-order valence-electron chi connectivity index (χ4n) is 1.74. The first-order chi connectivity index (χ1) is 9.83. The number of carboxylic acids is 2. The Hall–Kier alpha value is -1.67. The lowest BCUT2D eigenvalue weighted by atomic mass is 9.90. The van der Waals surface area contributed by atoms with Gasteiger partial charge in [-0.3, -0.25) is 4.79 Å². The quantitative estimate of drug-likeness (QED) is 0.315. The number of hydrogen-bond donors (Lipinski definition) is 4. The summed E-state index contributed by atoms with van der Waals surface area (Å²) in [4.78, 5) is 29.9. The van der Waals surface area contributed by atoms with Crippen LogP contribution >= 0.6 is 0 Å². The van der Waals surface area contributed by atoms with Gasteiger partial charge in [0.1, 0.15) is 5.54 Å². The number of carbonyl (C=O) groups is 3. The molecule has 5 N–H and O–H groups in total. The SMILES string of the molecule is CCCCCOC(=O)C1(N)CCNCC1.O=C(O)C(=O)O. The van der Waals surface area contributed by atoms with Gasteiger partial charge in [0.25, 0.3) is 0 Å². The summed E-state index contributed by atoms with van der Waals surface area (Å²) >= 11 is 0. The summed E-state index contributed by atoms with van der Waals surface area (Å²) in [5.74, 6) is -3.87. The van der Waals surface area contributed by atoms with Gasteiger partial charge in [0.05, 0.1) is 6.61 Å². The van der Waals surface area contributed by atoms with Crippen molar-refractivity contribution in [2.24, 2.45) is 5.73 Å². The average Bonchev–Trinajstić information content (AvgIpc) is 2.44. The van der Waals surface area contributed by atoms with Crippen LogP contribution in [0.5, 0.6) is 0 Å². The van der Waals surface area contributed by atoms with Crippen LogP contribution in [-0.4, -0.2) is 53.4 Å². The molecule has 0 amide bonds. The topological polar surface area (TPSA) is 139 Å². The first kappa shape index (κ1) is 19.3. The van der Waals surface area contributed by atoms with Gasteiger partial charge >= 0.3 is 17.9 Å². The standard InChI is InChI=1S/C11H22N2O2.C2H2O4/c1-2-3-4-9-15-10(14)11(12)5-7-13-8-6-11;3-1(4)2(5)6/h13H,2-9,12H2,1H3;(H,3,4)(H,5,6). The van der Waals surface area contributed by atoms with Crippen molar-refractivity contribution in [3.63, 3.8) is 0 Å². The molecule has 21 heavy (non-hydrogen) atoms. The number of carboxylic acid groups (broad SMARTS) is 2. The Morgan fingerprint density at radius 3 is 2.10 bits per heavy atom.